The summed E-state index contributed by atoms with van der Waals surface area (Å²) in [5.41, 5.74) is 0. The Labute approximate surface area is 108 Å². The molecule has 0 heterocycles. The molecule has 0 unspecified atom stereocenters. The van der Waals surface area contributed by atoms with Gasteiger partial charge in [0.25, 0.3) is 0 Å². The van der Waals surface area contributed by atoms with Gasteiger partial charge in [0.15, 0.2) is 0 Å². The second-order valence-corrected chi connectivity index (χ2v) is 2.87. The van der Waals surface area contributed by atoms with Crippen molar-refractivity contribution in [3.05, 3.63) is 12.7 Å². The summed E-state index contributed by atoms with van der Waals surface area (Å²) < 4.78 is 19.3. The number of hydrogen-bond donors (Lipinski definition) is 1. The van der Waals surface area contributed by atoms with Gasteiger partial charge >= 0.3 is 5.97 Å². The molecule has 1 N–H and O–H groups in total. The molecule has 0 radical (unpaired) electrons. The zero-order chi connectivity index (χ0) is 14.1. The van der Waals surface area contributed by atoms with Crippen molar-refractivity contribution in [3.63, 3.8) is 0 Å². The first-order valence-electron chi connectivity index (χ1n) is 5.77. The number of methoxy groups -OCH3 is 1. The fourth-order valence-electron chi connectivity index (χ4n) is 0.732. The van der Waals surface area contributed by atoms with E-state index in [9.17, 15) is 4.79 Å². The Morgan fingerprint density at radius 2 is 1.61 bits per heavy atom. The lowest BCUT2D eigenvalue weighted by atomic mass is 10.7. The van der Waals surface area contributed by atoms with Crippen LogP contribution in [-0.2, 0) is 23.7 Å². The molecule has 0 saturated carbocycles. The molecule has 0 spiro atoms. The van der Waals surface area contributed by atoms with Crippen molar-refractivity contribution < 1.29 is 28.8 Å². The Hall–Kier alpha value is -0.950. The number of hydrogen-bond acceptors (Lipinski definition) is 6. The lowest BCUT2D eigenvalue weighted by Crippen LogP contribution is -2.10. The summed E-state index contributed by atoms with van der Waals surface area (Å²) in [5.74, 6) is -0.394. The molecule has 18 heavy (non-hydrogen) atoms. The van der Waals surface area contributed by atoms with Crippen LogP contribution in [0.1, 0.15) is 6.92 Å². The third kappa shape index (κ3) is 20.5. The first-order chi connectivity index (χ1) is 8.72. The van der Waals surface area contributed by atoms with Crippen molar-refractivity contribution in [2.45, 2.75) is 6.92 Å². The Morgan fingerprint density at radius 1 is 1.11 bits per heavy atom. The molecule has 0 rings (SSSR count). The number of ether oxygens (including phenoxy) is 4. The molecule has 0 aromatic rings. The summed E-state index contributed by atoms with van der Waals surface area (Å²) in [6.07, 6.45) is 1.11. The maximum Gasteiger partial charge on any atom is 0.329 e. The Morgan fingerprint density at radius 3 is 1.94 bits per heavy atom. The van der Waals surface area contributed by atoms with E-state index in [4.69, 9.17) is 19.3 Å². The van der Waals surface area contributed by atoms with Crippen LogP contribution in [0.15, 0.2) is 12.7 Å². The fraction of sp³-hybridized carbons (Fsp3) is 0.750. The van der Waals surface area contributed by atoms with Crippen LogP contribution in [0.3, 0.4) is 0 Å². The van der Waals surface area contributed by atoms with Gasteiger partial charge in [0.1, 0.15) is 0 Å². The van der Waals surface area contributed by atoms with Gasteiger partial charge in [-0.1, -0.05) is 6.58 Å². The van der Waals surface area contributed by atoms with Gasteiger partial charge in [-0.2, -0.15) is 0 Å². The molecule has 0 atom stereocenters. The Balaban J connectivity index is 0. The van der Waals surface area contributed by atoms with E-state index in [1.54, 1.807) is 0 Å². The van der Waals surface area contributed by atoms with Crippen LogP contribution in [0.4, 0.5) is 0 Å². The summed E-state index contributed by atoms with van der Waals surface area (Å²) in [4.78, 5) is 9.84. The molecule has 108 valence electrons. The molecule has 0 aromatic heterocycles. The van der Waals surface area contributed by atoms with E-state index in [-0.39, 0.29) is 6.61 Å². The van der Waals surface area contributed by atoms with E-state index >= 15 is 0 Å². The zero-order valence-corrected chi connectivity index (χ0v) is 11.2. The third-order valence-electron chi connectivity index (χ3n) is 1.55. The van der Waals surface area contributed by atoms with E-state index < -0.39 is 5.97 Å². The first kappa shape index (κ1) is 19.4. The second-order valence-electron chi connectivity index (χ2n) is 2.87. The molecule has 0 fully saturated rings. The van der Waals surface area contributed by atoms with E-state index in [2.05, 4.69) is 11.3 Å². The monoisotopic (exact) mass is 264 g/mol. The summed E-state index contributed by atoms with van der Waals surface area (Å²) in [5, 5.41) is 8.35. The Kier molecular flexibility index (Phi) is 19.8. The van der Waals surface area contributed by atoms with Gasteiger partial charge in [-0.25, -0.2) is 4.79 Å². The minimum atomic E-state index is -0.394. The van der Waals surface area contributed by atoms with Crippen molar-refractivity contribution in [1.29, 1.82) is 0 Å². The molecule has 0 aliphatic heterocycles. The summed E-state index contributed by atoms with van der Waals surface area (Å²) in [6, 6.07) is 0. The highest BCUT2D eigenvalue weighted by Crippen LogP contribution is 1.80. The minimum Gasteiger partial charge on any atom is -0.466 e. The van der Waals surface area contributed by atoms with Crippen molar-refractivity contribution >= 4 is 5.97 Å². The molecular weight excluding hydrogens is 240 g/mol. The number of carbonyl (C=O) groups excluding carboxylic acids is 1. The smallest absolute Gasteiger partial charge is 0.329 e. The van der Waals surface area contributed by atoms with Gasteiger partial charge in [-0.15, -0.1) is 0 Å². The van der Waals surface area contributed by atoms with E-state index in [1.165, 1.54) is 7.11 Å². The van der Waals surface area contributed by atoms with Gasteiger partial charge in [0, 0.05) is 12.7 Å². The quantitative estimate of drug-likeness (QED) is 0.349. The molecule has 0 amide bonds. The minimum absolute atomic E-state index is 0.0684. The SMILES string of the molecule is C=CC(=O)OC.CCOCCOCCOCCO. The molecule has 6 heteroatoms. The van der Waals surface area contributed by atoms with Crippen LogP contribution in [-0.4, -0.2) is 64.4 Å². The lowest BCUT2D eigenvalue weighted by molar-refractivity contribution is -0.134. The molecule has 0 aromatic carbocycles. The zero-order valence-electron chi connectivity index (χ0n) is 11.2. The van der Waals surface area contributed by atoms with Crippen molar-refractivity contribution in [1.82, 2.24) is 0 Å². The standard InChI is InChI=1S/C8H18O4.C4H6O2/c1-2-10-5-6-12-8-7-11-4-3-9;1-3-4(5)6-2/h9H,2-8H2,1H3;3H,1H2,2H3. The normalized spacial score (nSPS) is 9.28. The van der Waals surface area contributed by atoms with Crippen molar-refractivity contribution in [2.24, 2.45) is 0 Å². The summed E-state index contributed by atoms with van der Waals surface area (Å²) >= 11 is 0. The highest BCUT2D eigenvalue weighted by molar-refractivity contribution is 5.80. The van der Waals surface area contributed by atoms with Crippen LogP contribution < -0.4 is 0 Å². The Bertz CT molecular complexity index is 173. The van der Waals surface area contributed by atoms with Crippen LogP contribution in [0, 0.1) is 0 Å². The molecule has 6 nitrogen and oxygen atoms in total. The van der Waals surface area contributed by atoms with Gasteiger partial charge in [-0.3, -0.25) is 0 Å². The maximum atomic E-state index is 9.84. The first-order valence-corrected chi connectivity index (χ1v) is 5.77. The van der Waals surface area contributed by atoms with Gasteiger partial charge in [-0.05, 0) is 6.92 Å². The van der Waals surface area contributed by atoms with Crippen LogP contribution >= 0.6 is 0 Å². The highest BCUT2D eigenvalue weighted by atomic mass is 16.5. The largest absolute Gasteiger partial charge is 0.466 e. The van der Waals surface area contributed by atoms with Crippen molar-refractivity contribution in [2.75, 3.05) is 53.4 Å². The molecule has 0 aliphatic carbocycles. The van der Waals surface area contributed by atoms with Crippen LogP contribution in [0.25, 0.3) is 0 Å². The van der Waals surface area contributed by atoms with Gasteiger partial charge in [0.2, 0.25) is 0 Å². The average Bonchev–Trinajstić information content (AvgIpc) is 2.41. The molecule has 0 saturated heterocycles. The highest BCUT2D eigenvalue weighted by Gasteiger charge is 1.88. The lowest BCUT2D eigenvalue weighted by Gasteiger charge is -2.04. The number of aliphatic hydroxyl groups is 1. The predicted molar refractivity (Wildman–Crippen MR) is 67.4 cm³/mol. The topological polar surface area (TPSA) is 74.2 Å². The number of esters is 1. The number of carbonyl (C=O) groups is 1. The van der Waals surface area contributed by atoms with Crippen LogP contribution in [0.5, 0.6) is 0 Å². The molecule has 0 bridgehead atoms. The fourth-order valence-corrected chi connectivity index (χ4v) is 0.732. The summed E-state index contributed by atoms with van der Waals surface area (Å²) in [7, 11) is 1.31. The van der Waals surface area contributed by atoms with Crippen molar-refractivity contribution in [3.8, 4) is 0 Å². The van der Waals surface area contributed by atoms with Gasteiger partial charge in [0.05, 0.1) is 46.8 Å². The summed E-state index contributed by atoms with van der Waals surface area (Å²) in [6.45, 7) is 8.62. The van der Waals surface area contributed by atoms with E-state index in [0.717, 1.165) is 12.7 Å². The molecule has 0 aliphatic rings. The average molecular weight is 264 g/mol. The maximum absolute atomic E-state index is 9.84. The molecular formula is C12H24O6. The third-order valence-corrected chi connectivity index (χ3v) is 1.55. The van der Waals surface area contributed by atoms with E-state index in [0.29, 0.717) is 33.0 Å². The predicted octanol–water partition coefficient (Wildman–Crippen LogP) is 0.394. The van der Waals surface area contributed by atoms with E-state index in [1.807, 2.05) is 6.92 Å². The second kappa shape index (κ2) is 18.4. The number of aliphatic hydroxyl groups excluding tert-OH is 1. The van der Waals surface area contributed by atoms with Gasteiger partial charge < -0.3 is 24.1 Å². The van der Waals surface area contributed by atoms with Crippen LogP contribution in [0.2, 0.25) is 0 Å². The number of rotatable bonds is 10.